The highest BCUT2D eigenvalue weighted by Crippen LogP contribution is 2.10. The second kappa shape index (κ2) is 6.76. The summed E-state index contributed by atoms with van der Waals surface area (Å²) >= 11 is 0. The minimum absolute atomic E-state index is 0.0615. The third-order valence-corrected chi connectivity index (χ3v) is 2.41. The van der Waals surface area contributed by atoms with Gasteiger partial charge in [0.05, 0.1) is 12.1 Å². The molecule has 0 aromatic heterocycles. The number of nitrogens with one attached hydrogen (secondary N) is 2. The monoisotopic (exact) mass is 250 g/mol. The standard InChI is InChI=1S/C13H18N2O3/c1-9(16)8-14-12(17)13(18)15-10(2)11-6-4-3-5-7-11/h3-7,9-10,16H,8H2,1-2H3,(H,14,17)(H,15,18)/t9-,10+/m0/s1. The Labute approximate surface area is 106 Å². The van der Waals surface area contributed by atoms with Crippen LogP contribution in [0.1, 0.15) is 25.5 Å². The largest absolute Gasteiger partial charge is 0.392 e. The molecule has 1 aromatic rings. The summed E-state index contributed by atoms with van der Waals surface area (Å²) in [5.74, 6) is -1.44. The van der Waals surface area contributed by atoms with Gasteiger partial charge in [-0.3, -0.25) is 9.59 Å². The molecule has 5 heteroatoms. The summed E-state index contributed by atoms with van der Waals surface area (Å²) in [6.07, 6.45) is -0.673. The first-order chi connectivity index (χ1) is 8.50. The molecule has 5 nitrogen and oxygen atoms in total. The summed E-state index contributed by atoms with van der Waals surface area (Å²) in [6.45, 7) is 3.39. The van der Waals surface area contributed by atoms with Crippen molar-refractivity contribution in [2.24, 2.45) is 0 Å². The highest BCUT2D eigenvalue weighted by atomic mass is 16.3. The molecule has 0 heterocycles. The van der Waals surface area contributed by atoms with Crippen molar-refractivity contribution in [2.45, 2.75) is 26.0 Å². The number of benzene rings is 1. The van der Waals surface area contributed by atoms with Crippen molar-refractivity contribution >= 4 is 11.8 Å². The molecule has 0 unspecified atom stereocenters. The third kappa shape index (κ3) is 4.55. The number of rotatable bonds is 4. The lowest BCUT2D eigenvalue weighted by molar-refractivity contribution is -0.139. The van der Waals surface area contributed by atoms with Crippen LogP contribution in [0.3, 0.4) is 0 Å². The second-order valence-electron chi connectivity index (χ2n) is 4.16. The van der Waals surface area contributed by atoms with Crippen LogP contribution >= 0.6 is 0 Å². The molecule has 1 aromatic carbocycles. The minimum Gasteiger partial charge on any atom is -0.392 e. The maximum atomic E-state index is 11.5. The first-order valence-electron chi connectivity index (χ1n) is 5.82. The number of aliphatic hydroxyl groups excluding tert-OH is 1. The average Bonchev–Trinajstić information content (AvgIpc) is 2.36. The molecule has 2 atom stereocenters. The lowest BCUT2D eigenvalue weighted by Gasteiger charge is -2.14. The predicted molar refractivity (Wildman–Crippen MR) is 67.7 cm³/mol. The zero-order valence-electron chi connectivity index (χ0n) is 10.5. The maximum absolute atomic E-state index is 11.5. The number of hydrogen-bond acceptors (Lipinski definition) is 3. The lowest BCUT2D eigenvalue weighted by atomic mass is 10.1. The Morgan fingerprint density at radius 3 is 2.33 bits per heavy atom. The van der Waals surface area contributed by atoms with Crippen LogP contribution in [-0.4, -0.2) is 29.6 Å². The average molecular weight is 250 g/mol. The van der Waals surface area contributed by atoms with Crippen LogP contribution in [0.15, 0.2) is 30.3 Å². The van der Waals surface area contributed by atoms with Gasteiger partial charge < -0.3 is 15.7 Å². The van der Waals surface area contributed by atoms with E-state index in [2.05, 4.69) is 10.6 Å². The van der Waals surface area contributed by atoms with Gasteiger partial charge in [0, 0.05) is 6.54 Å². The predicted octanol–water partition coefficient (Wildman–Crippen LogP) is 0.361. The minimum atomic E-state index is -0.737. The van der Waals surface area contributed by atoms with E-state index in [1.165, 1.54) is 6.92 Å². The van der Waals surface area contributed by atoms with Crippen molar-refractivity contribution in [3.63, 3.8) is 0 Å². The SMILES string of the molecule is C[C@H](O)CNC(=O)C(=O)N[C@H](C)c1ccccc1. The van der Waals surface area contributed by atoms with Crippen LogP contribution in [0.5, 0.6) is 0 Å². The Hall–Kier alpha value is -1.88. The topological polar surface area (TPSA) is 78.4 Å². The highest BCUT2D eigenvalue weighted by molar-refractivity contribution is 6.35. The highest BCUT2D eigenvalue weighted by Gasteiger charge is 2.16. The Kier molecular flexibility index (Phi) is 5.32. The van der Waals surface area contributed by atoms with E-state index in [-0.39, 0.29) is 12.6 Å². The van der Waals surface area contributed by atoms with E-state index in [1.54, 1.807) is 6.92 Å². The Morgan fingerprint density at radius 1 is 1.17 bits per heavy atom. The zero-order valence-corrected chi connectivity index (χ0v) is 10.5. The molecule has 0 saturated carbocycles. The van der Waals surface area contributed by atoms with Gasteiger partial charge in [-0.2, -0.15) is 0 Å². The van der Waals surface area contributed by atoms with Gasteiger partial charge in [-0.15, -0.1) is 0 Å². The summed E-state index contributed by atoms with van der Waals surface area (Å²) < 4.78 is 0. The van der Waals surface area contributed by atoms with E-state index >= 15 is 0 Å². The van der Waals surface area contributed by atoms with Crippen molar-refractivity contribution in [2.75, 3.05) is 6.54 Å². The van der Waals surface area contributed by atoms with E-state index in [4.69, 9.17) is 5.11 Å². The molecule has 0 bridgehead atoms. The first-order valence-corrected chi connectivity index (χ1v) is 5.82. The molecule has 0 aliphatic rings. The van der Waals surface area contributed by atoms with E-state index < -0.39 is 17.9 Å². The molecule has 18 heavy (non-hydrogen) atoms. The van der Waals surface area contributed by atoms with Crippen molar-refractivity contribution in [3.8, 4) is 0 Å². The fraction of sp³-hybridized carbons (Fsp3) is 0.385. The van der Waals surface area contributed by atoms with Gasteiger partial charge in [-0.1, -0.05) is 30.3 Å². The van der Waals surface area contributed by atoms with Crippen molar-refractivity contribution < 1.29 is 14.7 Å². The van der Waals surface area contributed by atoms with Gasteiger partial charge in [0.25, 0.3) is 0 Å². The van der Waals surface area contributed by atoms with Gasteiger partial charge in [0.15, 0.2) is 0 Å². The molecule has 2 amide bonds. The summed E-state index contributed by atoms with van der Waals surface area (Å²) in [5.41, 5.74) is 0.925. The molecular weight excluding hydrogens is 232 g/mol. The van der Waals surface area contributed by atoms with Crippen LogP contribution < -0.4 is 10.6 Å². The van der Waals surface area contributed by atoms with E-state index in [9.17, 15) is 9.59 Å². The summed E-state index contributed by atoms with van der Waals surface area (Å²) in [5, 5.41) is 13.9. The van der Waals surface area contributed by atoms with E-state index in [0.717, 1.165) is 5.56 Å². The molecular formula is C13H18N2O3. The van der Waals surface area contributed by atoms with E-state index in [0.29, 0.717) is 0 Å². The van der Waals surface area contributed by atoms with E-state index in [1.807, 2.05) is 30.3 Å². The van der Waals surface area contributed by atoms with Gasteiger partial charge >= 0.3 is 11.8 Å². The Morgan fingerprint density at radius 2 is 1.78 bits per heavy atom. The van der Waals surface area contributed by atoms with Crippen molar-refractivity contribution in [1.82, 2.24) is 10.6 Å². The van der Waals surface area contributed by atoms with Gasteiger partial charge in [-0.05, 0) is 19.4 Å². The number of hydrogen-bond donors (Lipinski definition) is 3. The van der Waals surface area contributed by atoms with Crippen LogP contribution in [0.25, 0.3) is 0 Å². The lowest BCUT2D eigenvalue weighted by Crippen LogP contribution is -2.43. The van der Waals surface area contributed by atoms with Crippen molar-refractivity contribution in [3.05, 3.63) is 35.9 Å². The molecule has 1 rings (SSSR count). The molecule has 0 fully saturated rings. The summed E-state index contributed by atoms with van der Waals surface area (Å²) in [6, 6.07) is 9.12. The fourth-order valence-corrected chi connectivity index (χ4v) is 1.41. The number of carbonyl (C=O) groups is 2. The van der Waals surface area contributed by atoms with Crippen LogP contribution in [0.2, 0.25) is 0 Å². The quantitative estimate of drug-likeness (QED) is 0.675. The van der Waals surface area contributed by atoms with Crippen LogP contribution in [-0.2, 0) is 9.59 Å². The third-order valence-electron chi connectivity index (χ3n) is 2.41. The van der Waals surface area contributed by atoms with Gasteiger partial charge in [-0.25, -0.2) is 0 Å². The van der Waals surface area contributed by atoms with Crippen molar-refractivity contribution in [1.29, 1.82) is 0 Å². The second-order valence-corrected chi connectivity index (χ2v) is 4.16. The first kappa shape index (κ1) is 14.2. The Bertz CT molecular complexity index is 404. The number of carbonyl (C=O) groups excluding carboxylic acids is 2. The molecule has 0 aliphatic carbocycles. The molecule has 98 valence electrons. The summed E-state index contributed by atoms with van der Waals surface area (Å²) in [7, 11) is 0. The normalized spacial score (nSPS) is 13.5. The van der Waals surface area contributed by atoms with Crippen LogP contribution in [0.4, 0.5) is 0 Å². The fourth-order valence-electron chi connectivity index (χ4n) is 1.41. The van der Waals surface area contributed by atoms with Crippen LogP contribution in [0, 0.1) is 0 Å². The smallest absolute Gasteiger partial charge is 0.309 e. The zero-order chi connectivity index (χ0) is 13.5. The van der Waals surface area contributed by atoms with Gasteiger partial charge in [0.2, 0.25) is 0 Å². The molecule has 0 spiro atoms. The molecule has 0 radical (unpaired) electrons. The number of amides is 2. The molecule has 0 saturated heterocycles. The maximum Gasteiger partial charge on any atom is 0.309 e. The summed E-state index contributed by atoms with van der Waals surface area (Å²) in [4.78, 5) is 22.9. The molecule has 3 N–H and O–H groups in total. The Balaban J connectivity index is 2.47. The molecule has 0 aliphatic heterocycles. The number of aliphatic hydroxyl groups is 1. The van der Waals surface area contributed by atoms with Gasteiger partial charge in [0.1, 0.15) is 0 Å².